The lowest BCUT2D eigenvalue weighted by Gasteiger charge is -2.14. The number of hydrogen-bond acceptors (Lipinski definition) is 5. The van der Waals surface area contributed by atoms with Gasteiger partial charge in [-0.3, -0.25) is 4.57 Å². The fourth-order valence-corrected chi connectivity index (χ4v) is 2.16. The molecule has 0 aliphatic heterocycles. The maximum Gasteiger partial charge on any atom is 0.350 e. The standard InChI is InChI=1S/C10H14FN4O4P/c11-4-8(19-6-20(16,17)18)3-7-1-2-9-10(12)13-5-14-15(7)9/h1-2,5,8H,3-4,6H2,(H2,12,13,14)(H2,16,17,18). The zero-order valence-electron chi connectivity index (χ0n) is 10.4. The van der Waals surface area contributed by atoms with Crippen molar-refractivity contribution in [3.05, 3.63) is 24.2 Å². The highest BCUT2D eigenvalue weighted by Crippen LogP contribution is 2.34. The highest BCUT2D eigenvalue weighted by atomic mass is 31.2. The Kier molecular flexibility index (Phi) is 4.34. The summed E-state index contributed by atoms with van der Waals surface area (Å²) < 4.78 is 29.9. The topological polar surface area (TPSA) is 123 Å². The van der Waals surface area contributed by atoms with E-state index in [1.54, 1.807) is 12.1 Å². The Morgan fingerprint density at radius 3 is 2.90 bits per heavy atom. The lowest BCUT2D eigenvalue weighted by Crippen LogP contribution is -2.20. The monoisotopic (exact) mass is 304 g/mol. The van der Waals surface area contributed by atoms with Gasteiger partial charge in [0.05, 0.1) is 6.10 Å². The van der Waals surface area contributed by atoms with Crippen LogP contribution < -0.4 is 5.73 Å². The number of ether oxygens (including phenoxy) is 1. The van der Waals surface area contributed by atoms with E-state index in [1.807, 2.05) is 0 Å². The van der Waals surface area contributed by atoms with Gasteiger partial charge in [-0.2, -0.15) is 5.10 Å². The number of nitrogens with two attached hydrogens (primary N) is 1. The highest BCUT2D eigenvalue weighted by Gasteiger charge is 2.19. The molecule has 0 spiro atoms. The van der Waals surface area contributed by atoms with Gasteiger partial charge in [-0.15, -0.1) is 0 Å². The van der Waals surface area contributed by atoms with Gasteiger partial charge in [0.1, 0.15) is 24.9 Å². The molecule has 0 saturated carbocycles. The van der Waals surface area contributed by atoms with Crippen molar-refractivity contribution in [3.8, 4) is 0 Å². The minimum absolute atomic E-state index is 0.112. The number of nitrogen functional groups attached to an aromatic ring is 1. The SMILES string of the molecule is Nc1ncnn2c(CC(CF)OCP(=O)(O)O)ccc12. The number of rotatable bonds is 6. The largest absolute Gasteiger partial charge is 0.382 e. The summed E-state index contributed by atoms with van der Waals surface area (Å²) in [6.07, 6.45) is -0.396. The molecule has 2 aromatic rings. The summed E-state index contributed by atoms with van der Waals surface area (Å²) in [6.45, 7) is -0.867. The van der Waals surface area contributed by atoms with Crippen molar-refractivity contribution >= 4 is 18.9 Å². The molecular formula is C10H14FN4O4P. The maximum atomic E-state index is 12.9. The number of fused-ring (bicyclic) bond motifs is 1. The van der Waals surface area contributed by atoms with Crippen molar-refractivity contribution in [2.45, 2.75) is 12.5 Å². The van der Waals surface area contributed by atoms with Gasteiger partial charge in [-0.05, 0) is 12.1 Å². The van der Waals surface area contributed by atoms with Crippen molar-refractivity contribution in [3.63, 3.8) is 0 Å². The number of nitrogens with zero attached hydrogens (tertiary/aromatic N) is 3. The summed E-state index contributed by atoms with van der Waals surface area (Å²) in [6, 6.07) is 3.37. The summed E-state index contributed by atoms with van der Waals surface area (Å²) in [7, 11) is -4.32. The Morgan fingerprint density at radius 1 is 1.50 bits per heavy atom. The average Bonchev–Trinajstić information content (AvgIpc) is 2.78. The fourth-order valence-electron chi connectivity index (χ4n) is 1.76. The van der Waals surface area contributed by atoms with Crippen molar-refractivity contribution in [2.75, 3.05) is 18.8 Å². The van der Waals surface area contributed by atoms with Gasteiger partial charge >= 0.3 is 7.60 Å². The van der Waals surface area contributed by atoms with Gasteiger partial charge in [-0.1, -0.05) is 0 Å². The zero-order valence-corrected chi connectivity index (χ0v) is 11.3. The molecule has 1 atom stereocenters. The van der Waals surface area contributed by atoms with E-state index in [4.69, 9.17) is 20.3 Å². The number of anilines is 1. The quantitative estimate of drug-likeness (QED) is 0.658. The Hall–Kier alpha value is -1.54. The second kappa shape index (κ2) is 5.84. The van der Waals surface area contributed by atoms with Gasteiger partial charge in [0.2, 0.25) is 0 Å². The molecule has 0 saturated heterocycles. The predicted molar refractivity (Wildman–Crippen MR) is 68.9 cm³/mol. The molecular weight excluding hydrogens is 290 g/mol. The molecule has 0 amide bonds. The first-order valence-corrected chi connectivity index (χ1v) is 7.49. The van der Waals surface area contributed by atoms with E-state index in [-0.39, 0.29) is 6.42 Å². The van der Waals surface area contributed by atoms with Crippen molar-refractivity contribution in [1.29, 1.82) is 0 Å². The third-order valence-electron chi connectivity index (χ3n) is 2.65. The van der Waals surface area contributed by atoms with Crippen LogP contribution in [0.5, 0.6) is 0 Å². The lowest BCUT2D eigenvalue weighted by atomic mass is 10.2. The average molecular weight is 304 g/mol. The van der Waals surface area contributed by atoms with Crippen LogP contribution in [0.4, 0.5) is 10.2 Å². The first-order chi connectivity index (χ1) is 9.40. The minimum Gasteiger partial charge on any atom is -0.382 e. The van der Waals surface area contributed by atoms with Crippen LogP contribution in [-0.2, 0) is 15.7 Å². The molecule has 0 aliphatic rings. The van der Waals surface area contributed by atoms with Crippen molar-refractivity contribution in [1.82, 2.24) is 14.6 Å². The van der Waals surface area contributed by atoms with Crippen LogP contribution in [0.3, 0.4) is 0 Å². The summed E-state index contributed by atoms with van der Waals surface area (Å²) >= 11 is 0. The van der Waals surface area contributed by atoms with E-state index >= 15 is 0 Å². The molecule has 0 radical (unpaired) electrons. The first-order valence-electron chi connectivity index (χ1n) is 5.70. The van der Waals surface area contributed by atoms with E-state index in [9.17, 15) is 8.96 Å². The Labute approximate surface area is 113 Å². The second-order valence-corrected chi connectivity index (χ2v) is 5.80. The molecule has 2 rings (SSSR count). The molecule has 2 aromatic heterocycles. The summed E-state index contributed by atoms with van der Waals surface area (Å²) in [5, 5.41) is 3.99. The summed E-state index contributed by atoms with van der Waals surface area (Å²) in [4.78, 5) is 21.3. The molecule has 110 valence electrons. The fraction of sp³-hybridized carbons (Fsp3) is 0.400. The number of hydrogen-bond donors (Lipinski definition) is 3. The molecule has 0 fully saturated rings. The lowest BCUT2D eigenvalue weighted by molar-refractivity contribution is 0.0553. The minimum atomic E-state index is -4.32. The van der Waals surface area contributed by atoms with Crippen LogP contribution in [0.2, 0.25) is 0 Å². The Morgan fingerprint density at radius 2 is 2.25 bits per heavy atom. The molecule has 0 aromatic carbocycles. The highest BCUT2D eigenvalue weighted by molar-refractivity contribution is 7.51. The third-order valence-corrected chi connectivity index (χ3v) is 3.13. The van der Waals surface area contributed by atoms with Gasteiger partial charge in [0.25, 0.3) is 0 Å². The van der Waals surface area contributed by atoms with Crippen molar-refractivity contribution in [2.24, 2.45) is 0 Å². The van der Waals surface area contributed by atoms with E-state index in [1.165, 1.54) is 10.8 Å². The Bertz CT molecular complexity index is 643. The van der Waals surface area contributed by atoms with Gasteiger partial charge < -0.3 is 20.3 Å². The third kappa shape index (κ3) is 3.51. The van der Waals surface area contributed by atoms with Gasteiger partial charge in [0, 0.05) is 12.1 Å². The number of aromatic nitrogens is 3. The zero-order chi connectivity index (χ0) is 14.8. The van der Waals surface area contributed by atoms with Crippen LogP contribution in [0.15, 0.2) is 18.5 Å². The van der Waals surface area contributed by atoms with E-state index in [0.717, 1.165) is 0 Å². The molecule has 0 aliphatic carbocycles. The summed E-state index contributed by atoms with van der Waals surface area (Å²) in [5.41, 5.74) is 6.86. The van der Waals surface area contributed by atoms with E-state index in [2.05, 4.69) is 10.1 Å². The predicted octanol–water partition coefficient (Wildman–Crippen LogP) is 0.344. The molecule has 8 nitrogen and oxygen atoms in total. The molecule has 2 heterocycles. The normalized spacial score (nSPS) is 13.8. The van der Waals surface area contributed by atoms with Crippen molar-refractivity contribution < 1.29 is 23.5 Å². The smallest absolute Gasteiger partial charge is 0.350 e. The van der Waals surface area contributed by atoms with E-state index < -0.39 is 26.7 Å². The second-order valence-electron chi connectivity index (χ2n) is 4.21. The van der Waals surface area contributed by atoms with Gasteiger partial charge in [0.15, 0.2) is 5.82 Å². The van der Waals surface area contributed by atoms with Crippen LogP contribution in [0, 0.1) is 0 Å². The molecule has 20 heavy (non-hydrogen) atoms. The summed E-state index contributed by atoms with van der Waals surface area (Å²) in [5.74, 6) is 0.291. The number of alkyl halides is 1. The van der Waals surface area contributed by atoms with Crippen LogP contribution in [0.25, 0.3) is 5.52 Å². The van der Waals surface area contributed by atoms with E-state index in [0.29, 0.717) is 17.0 Å². The Balaban J connectivity index is 2.14. The first kappa shape index (κ1) is 14.9. The molecule has 4 N–H and O–H groups in total. The number of halogens is 1. The molecule has 10 heteroatoms. The van der Waals surface area contributed by atoms with Crippen LogP contribution in [0.1, 0.15) is 5.69 Å². The maximum absolute atomic E-state index is 12.9. The van der Waals surface area contributed by atoms with Gasteiger partial charge in [-0.25, -0.2) is 13.9 Å². The van der Waals surface area contributed by atoms with Crippen LogP contribution >= 0.6 is 7.60 Å². The van der Waals surface area contributed by atoms with Crippen LogP contribution in [-0.4, -0.2) is 43.5 Å². The molecule has 0 bridgehead atoms. The molecule has 1 unspecified atom stereocenters.